The summed E-state index contributed by atoms with van der Waals surface area (Å²) >= 11 is 6.43. The molecule has 0 aliphatic heterocycles. The van der Waals surface area contributed by atoms with Gasteiger partial charge in [-0.3, -0.25) is 14.7 Å². The third kappa shape index (κ3) is 6.84. The first-order valence-corrected chi connectivity index (χ1v) is 9.45. The number of aliphatic imine (C=N–C) groups is 1. The number of benzene rings is 1. The highest BCUT2D eigenvalue weighted by Gasteiger charge is 2.20. The quantitative estimate of drug-likeness (QED) is 0.509. The van der Waals surface area contributed by atoms with Gasteiger partial charge in [0.2, 0.25) is 5.91 Å². The first kappa shape index (κ1) is 22.3. The van der Waals surface area contributed by atoms with Gasteiger partial charge in [-0.25, -0.2) is 0 Å². The molecule has 1 unspecified atom stereocenters. The van der Waals surface area contributed by atoms with Gasteiger partial charge in [0.15, 0.2) is 5.96 Å². The van der Waals surface area contributed by atoms with Crippen molar-refractivity contribution in [2.24, 2.45) is 4.99 Å². The van der Waals surface area contributed by atoms with E-state index in [-0.39, 0.29) is 11.9 Å². The molecule has 6 nitrogen and oxygen atoms in total. The summed E-state index contributed by atoms with van der Waals surface area (Å²) in [5.41, 5.74) is 1.10. The maximum atomic E-state index is 11.7. The van der Waals surface area contributed by atoms with Gasteiger partial charge in [-0.05, 0) is 24.7 Å². The fraction of sp³-hybridized carbons (Fsp3) is 0.579. The molecule has 2 N–H and O–H groups in total. The van der Waals surface area contributed by atoms with Crippen LogP contribution in [0.2, 0.25) is 5.02 Å². The molecule has 26 heavy (non-hydrogen) atoms. The van der Waals surface area contributed by atoms with Crippen LogP contribution in [0.1, 0.15) is 31.9 Å². The average Bonchev–Trinajstić information content (AvgIpc) is 2.63. The van der Waals surface area contributed by atoms with Gasteiger partial charge in [0, 0.05) is 45.7 Å². The zero-order valence-electron chi connectivity index (χ0n) is 16.6. The van der Waals surface area contributed by atoms with Crippen LogP contribution in [0.3, 0.4) is 0 Å². The lowest BCUT2D eigenvalue weighted by Crippen LogP contribution is -2.44. The Kier molecular flexibility index (Phi) is 10.1. The molecule has 0 aromatic heterocycles. The SMILES string of the molecule is CCN(CC)C(CNC(=NC)NCCC(=O)N(C)C)c1ccccc1Cl. The minimum atomic E-state index is 0.0880. The van der Waals surface area contributed by atoms with Gasteiger partial charge in [-0.15, -0.1) is 0 Å². The molecule has 7 heteroatoms. The summed E-state index contributed by atoms with van der Waals surface area (Å²) in [6.07, 6.45) is 0.428. The van der Waals surface area contributed by atoms with E-state index in [1.165, 1.54) is 0 Å². The predicted octanol–water partition coefficient (Wildman–Crippen LogP) is 2.37. The van der Waals surface area contributed by atoms with Crippen molar-refractivity contribution >= 4 is 23.5 Å². The Bertz CT molecular complexity index is 587. The highest BCUT2D eigenvalue weighted by Crippen LogP contribution is 2.26. The molecule has 0 heterocycles. The lowest BCUT2D eigenvalue weighted by molar-refractivity contribution is -0.128. The van der Waals surface area contributed by atoms with Gasteiger partial charge < -0.3 is 15.5 Å². The molecule has 1 aromatic rings. The number of hydrogen-bond acceptors (Lipinski definition) is 3. The van der Waals surface area contributed by atoms with E-state index in [1.807, 2.05) is 18.2 Å². The van der Waals surface area contributed by atoms with Gasteiger partial charge >= 0.3 is 0 Å². The molecule has 0 aliphatic rings. The third-order valence-corrected chi connectivity index (χ3v) is 4.68. The number of likely N-dealkylation sites (N-methyl/N-ethyl adjacent to an activating group) is 1. The zero-order valence-corrected chi connectivity index (χ0v) is 17.3. The third-order valence-electron chi connectivity index (χ3n) is 4.33. The number of hydrogen-bond donors (Lipinski definition) is 2. The van der Waals surface area contributed by atoms with Gasteiger partial charge in [0.1, 0.15) is 0 Å². The number of halogens is 1. The maximum absolute atomic E-state index is 11.7. The van der Waals surface area contributed by atoms with E-state index in [1.54, 1.807) is 26.0 Å². The van der Waals surface area contributed by atoms with Crippen molar-refractivity contribution in [3.8, 4) is 0 Å². The van der Waals surface area contributed by atoms with Crippen molar-refractivity contribution in [1.29, 1.82) is 0 Å². The number of amides is 1. The summed E-state index contributed by atoms with van der Waals surface area (Å²) < 4.78 is 0. The minimum Gasteiger partial charge on any atom is -0.356 e. The second-order valence-corrected chi connectivity index (χ2v) is 6.58. The summed E-state index contributed by atoms with van der Waals surface area (Å²) in [6, 6.07) is 8.09. The van der Waals surface area contributed by atoms with E-state index in [9.17, 15) is 4.79 Å². The summed E-state index contributed by atoms with van der Waals surface area (Å²) in [5.74, 6) is 0.769. The smallest absolute Gasteiger partial charge is 0.223 e. The van der Waals surface area contributed by atoms with Crippen molar-refractivity contribution in [3.63, 3.8) is 0 Å². The Labute approximate surface area is 162 Å². The molecular formula is C19H32ClN5O. The lowest BCUT2D eigenvalue weighted by Gasteiger charge is -2.31. The number of nitrogens with one attached hydrogen (secondary N) is 2. The van der Waals surface area contributed by atoms with Crippen molar-refractivity contribution in [1.82, 2.24) is 20.4 Å². The van der Waals surface area contributed by atoms with Crippen LogP contribution in [0.5, 0.6) is 0 Å². The topological polar surface area (TPSA) is 60.0 Å². The molecule has 0 saturated carbocycles. The molecule has 0 radical (unpaired) electrons. The minimum absolute atomic E-state index is 0.0880. The molecule has 1 amide bonds. The summed E-state index contributed by atoms with van der Waals surface area (Å²) in [6.45, 7) is 7.36. The standard InChI is InChI=1S/C19H32ClN5O/c1-6-25(7-2)17(15-10-8-9-11-16(15)20)14-23-19(21-3)22-13-12-18(26)24(4)5/h8-11,17H,6-7,12-14H2,1-5H3,(H2,21,22,23). The Hall–Kier alpha value is -1.79. The van der Waals surface area contributed by atoms with Gasteiger partial charge in [0.05, 0.1) is 6.04 Å². The molecule has 1 aromatic carbocycles. The van der Waals surface area contributed by atoms with Crippen molar-refractivity contribution in [2.75, 3.05) is 47.3 Å². The largest absolute Gasteiger partial charge is 0.356 e. The van der Waals surface area contributed by atoms with Crippen LogP contribution >= 0.6 is 11.6 Å². The van der Waals surface area contributed by atoms with Crippen LogP contribution in [-0.4, -0.2) is 69.0 Å². The van der Waals surface area contributed by atoms with Crippen LogP contribution in [0.25, 0.3) is 0 Å². The van der Waals surface area contributed by atoms with E-state index >= 15 is 0 Å². The second kappa shape index (κ2) is 11.8. The monoisotopic (exact) mass is 381 g/mol. The molecule has 0 fully saturated rings. The van der Waals surface area contributed by atoms with E-state index in [4.69, 9.17) is 11.6 Å². The van der Waals surface area contributed by atoms with Gasteiger partial charge in [-0.1, -0.05) is 43.6 Å². The lowest BCUT2D eigenvalue weighted by atomic mass is 10.0. The molecule has 1 rings (SSSR count). The van der Waals surface area contributed by atoms with Crippen LogP contribution in [0.4, 0.5) is 0 Å². The van der Waals surface area contributed by atoms with Crippen LogP contribution in [0.15, 0.2) is 29.3 Å². The van der Waals surface area contributed by atoms with Crippen molar-refractivity contribution < 1.29 is 4.79 Å². The maximum Gasteiger partial charge on any atom is 0.223 e. The Balaban J connectivity index is 2.73. The second-order valence-electron chi connectivity index (χ2n) is 6.18. The molecule has 0 aliphatic carbocycles. The van der Waals surface area contributed by atoms with Crippen molar-refractivity contribution in [2.45, 2.75) is 26.3 Å². The van der Waals surface area contributed by atoms with Gasteiger partial charge in [-0.2, -0.15) is 0 Å². The van der Waals surface area contributed by atoms with Crippen molar-refractivity contribution in [3.05, 3.63) is 34.9 Å². The normalized spacial score (nSPS) is 12.8. The number of nitrogens with zero attached hydrogens (tertiary/aromatic N) is 3. The fourth-order valence-electron chi connectivity index (χ4n) is 2.77. The zero-order chi connectivity index (χ0) is 19.5. The van der Waals surface area contributed by atoms with E-state index in [0.717, 1.165) is 23.7 Å². The summed E-state index contributed by atoms with van der Waals surface area (Å²) in [4.78, 5) is 19.9. The van der Waals surface area contributed by atoms with Crippen LogP contribution in [-0.2, 0) is 4.79 Å². The number of carbonyl (C=O) groups excluding carboxylic acids is 1. The van der Waals surface area contributed by atoms with E-state index in [2.05, 4.69) is 40.4 Å². The summed E-state index contributed by atoms with van der Waals surface area (Å²) in [7, 11) is 5.24. The first-order chi connectivity index (χ1) is 12.4. The van der Waals surface area contributed by atoms with E-state index < -0.39 is 0 Å². The van der Waals surface area contributed by atoms with Gasteiger partial charge in [0.25, 0.3) is 0 Å². The molecule has 0 bridgehead atoms. The molecule has 146 valence electrons. The first-order valence-electron chi connectivity index (χ1n) is 9.07. The highest BCUT2D eigenvalue weighted by molar-refractivity contribution is 6.31. The highest BCUT2D eigenvalue weighted by atomic mass is 35.5. The molecular weight excluding hydrogens is 350 g/mol. The number of carbonyl (C=O) groups is 1. The van der Waals surface area contributed by atoms with Crippen LogP contribution < -0.4 is 10.6 Å². The Morgan fingerprint density at radius 2 is 1.85 bits per heavy atom. The summed E-state index contributed by atoms with van der Waals surface area (Å²) in [5, 5.41) is 7.32. The average molecular weight is 382 g/mol. The van der Waals surface area contributed by atoms with Crippen LogP contribution in [0, 0.1) is 0 Å². The van der Waals surface area contributed by atoms with E-state index in [0.29, 0.717) is 25.5 Å². The predicted molar refractivity (Wildman–Crippen MR) is 110 cm³/mol. The fourth-order valence-corrected chi connectivity index (χ4v) is 3.03. The number of rotatable bonds is 9. The molecule has 0 spiro atoms. The number of guanidine groups is 1. The Morgan fingerprint density at radius 1 is 1.19 bits per heavy atom. The Morgan fingerprint density at radius 3 is 2.38 bits per heavy atom. The molecule has 0 saturated heterocycles. The molecule has 1 atom stereocenters.